The van der Waals surface area contributed by atoms with Crippen molar-refractivity contribution in [3.63, 3.8) is 0 Å². The van der Waals surface area contributed by atoms with Gasteiger partial charge in [-0.05, 0) is 23.8 Å². The number of ether oxygens (including phenoxy) is 1. The van der Waals surface area contributed by atoms with Crippen LogP contribution in [0.1, 0.15) is 22.8 Å². The maximum absolute atomic E-state index is 12.4. The number of carboxylic acids is 2. The highest BCUT2D eigenvalue weighted by Crippen LogP contribution is 2.36. The second-order valence-electron chi connectivity index (χ2n) is 8.19. The summed E-state index contributed by atoms with van der Waals surface area (Å²) in [7, 11) is 0. The third-order valence-electron chi connectivity index (χ3n) is 5.80. The molecule has 2 aromatic rings. The van der Waals surface area contributed by atoms with Crippen LogP contribution in [0.25, 0.3) is 0 Å². The molecule has 36 heavy (non-hydrogen) atoms. The maximum Gasteiger partial charge on any atom is 0.337 e. The number of aromatic carboxylic acids is 1. The number of aliphatic hydroxyl groups is 4. The number of thioether (sulfide) groups is 1. The van der Waals surface area contributed by atoms with E-state index in [1.165, 1.54) is 25.1 Å². The second-order valence-corrected chi connectivity index (χ2v) is 9.33. The number of anilines is 1. The molecule has 1 fully saturated rings. The summed E-state index contributed by atoms with van der Waals surface area (Å²) < 4.78 is 5.47. The van der Waals surface area contributed by atoms with Crippen molar-refractivity contribution in [2.75, 3.05) is 11.5 Å². The molecule has 0 aromatic heterocycles. The summed E-state index contributed by atoms with van der Waals surface area (Å²) in [6, 6.07) is 11.1. The van der Waals surface area contributed by atoms with Gasteiger partial charge >= 0.3 is 11.9 Å². The van der Waals surface area contributed by atoms with E-state index in [2.05, 4.69) is 0 Å². The Kier molecular flexibility index (Phi) is 9.06. The first kappa shape index (κ1) is 27.6. The minimum Gasteiger partial charge on any atom is -0.480 e. The van der Waals surface area contributed by atoms with Gasteiger partial charge in [0.25, 0.3) is 0 Å². The van der Waals surface area contributed by atoms with E-state index in [1.54, 1.807) is 30.3 Å². The van der Waals surface area contributed by atoms with E-state index in [4.69, 9.17) is 4.74 Å². The standard InChI is InChI=1S/C24H27NO10S/c1-12(27)25(14-7-3-2-4-8-14)15(22(31)32)10-13-6-5-9-17(18(13)23(33)34)36-24-21(30)20(29)19(28)16(11-26)35-24/h2-9,15-16,19-21,24,26,28-30H,10-11H2,1H3,(H,31,32)(H,33,34)/t15-,16+,19+,20-,21+,24?/m0/s1. The first-order valence-electron chi connectivity index (χ1n) is 11.0. The third kappa shape index (κ3) is 5.86. The Labute approximate surface area is 210 Å². The van der Waals surface area contributed by atoms with Crippen LogP contribution in [-0.2, 0) is 20.7 Å². The van der Waals surface area contributed by atoms with Crippen LogP contribution in [0.15, 0.2) is 53.4 Å². The zero-order valence-corrected chi connectivity index (χ0v) is 20.0. The molecule has 1 aliphatic rings. The van der Waals surface area contributed by atoms with Gasteiger partial charge in [-0.1, -0.05) is 42.1 Å². The highest BCUT2D eigenvalue weighted by atomic mass is 32.2. The molecule has 0 bridgehead atoms. The largest absolute Gasteiger partial charge is 0.480 e. The Bertz CT molecular complexity index is 1100. The number of amides is 1. The van der Waals surface area contributed by atoms with Gasteiger partial charge in [0.15, 0.2) is 0 Å². The highest BCUT2D eigenvalue weighted by Gasteiger charge is 2.44. The average Bonchev–Trinajstić information content (AvgIpc) is 2.84. The lowest BCUT2D eigenvalue weighted by molar-refractivity contribution is -0.205. The number of aliphatic carboxylic acids is 1. The molecule has 0 aliphatic carbocycles. The molecule has 194 valence electrons. The number of para-hydroxylation sites is 1. The van der Waals surface area contributed by atoms with E-state index in [9.17, 15) is 45.0 Å². The number of hydrogen-bond donors (Lipinski definition) is 6. The Hall–Kier alpha value is -3.00. The molecule has 1 heterocycles. The zero-order valence-electron chi connectivity index (χ0n) is 19.2. The van der Waals surface area contributed by atoms with Crippen LogP contribution in [0, 0.1) is 0 Å². The van der Waals surface area contributed by atoms with Gasteiger partial charge in [-0.3, -0.25) is 9.69 Å². The van der Waals surface area contributed by atoms with Crippen molar-refractivity contribution in [3.05, 3.63) is 59.7 Å². The van der Waals surface area contributed by atoms with Gasteiger partial charge in [-0.2, -0.15) is 0 Å². The molecule has 11 nitrogen and oxygen atoms in total. The highest BCUT2D eigenvalue weighted by molar-refractivity contribution is 8.00. The number of carbonyl (C=O) groups is 3. The van der Waals surface area contributed by atoms with Crippen molar-refractivity contribution in [1.82, 2.24) is 0 Å². The third-order valence-corrected chi connectivity index (χ3v) is 7.02. The molecular weight excluding hydrogens is 494 g/mol. The first-order valence-corrected chi connectivity index (χ1v) is 11.8. The summed E-state index contributed by atoms with van der Waals surface area (Å²) in [6.45, 7) is 0.570. The molecule has 0 spiro atoms. The Morgan fingerprint density at radius 3 is 2.19 bits per heavy atom. The van der Waals surface area contributed by atoms with Gasteiger partial charge < -0.3 is 35.4 Å². The maximum atomic E-state index is 12.4. The lowest BCUT2D eigenvalue weighted by Crippen LogP contribution is -2.57. The molecule has 1 amide bonds. The number of nitrogens with zero attached hydrogens (tertiary/aromatic N) is 1. The Morgan fingerprint density at radius 1 is 0.972 bits per heavy atom. The molecule has 0 radical (unpaired) electrons. The van der Waals surface area contributed by atoms with E-state index in [0.717, 1.165) is 16.7 Å². The number of benzene rings is 2. The van der Waals surface area contributed by atoms with Crippen molar-refractivity contribution >= 4 is 35.3 Å². The molecule has 1 aliphatic heterocycles. The number of hydrogen-bond acceptors (Lipinski definition) is 9. The van der Waals surface area contributed by atoms with Crippen molar-refractivity contribution in [2.24, 2.45) is 0 Å². The van der Waals surface area contributed by atoms with Gasteiger partial charge in [0.2, 0.25) is 5.91 Å². The summed E-state index contributed by atoms with van der Waals surface area (Å²) in [5.74, 6) is -3.26. The van der Waals surface area contributed by atoms with Crippen molar-refractivity contribution in [2.45, 2.75) is 54.1 Å². The minimum absolute atomic E-state index is 0.0996. The van der Waals surface area contributed by atoms with Gasteiger partial charge in [-0.25, -0.2) is 9.59 Å². The monoisotopic (exact) mass is 521 g/mol. The Balaban J connectivity index is 1.97. The molecule has 12 heteroatoms. The van der Waals surface area contributed by atoms with Gasteiger partial charge in [-0.15, -0.1) is 0 Å². The van der Waals surface area contributed by atoms with Gasteiger partial charge in [0.05, 0.1) is 12.2 Å². The van der Waals surface area contributed by atoms with Crippen molar-refractivity contribution in [1.29, 1.82) is 0 Å². The normalized spacial score (nSPS) is 24.6. The predicted octanol–water partition coefficient (Wildman–Crippen LogP) is 0.326. The van der Waals surface area contributed by atoms with Crippen LogP contribution in [0.4, 0.5) is 5.69 Å². The molecule has 6 atom stereocenters. The van der Waals surface area contributed by atoms with Gasteiger partial charge in [0.1, 0.15) is 35.9 Å². The van der Waals surface area contributed by atoms with E-state index in [0.29, 0.717) is 5.69 Å². The van der Waals surface area contributed by atoms with E-state index in [1.807, 2.05) is 0 Å². The molecule has 3 rings (SSSR count). The summed E-state index contributed by atoms with van der Waals surface area (Å²) in [5, 5.41) is 59.7. The van der Waals surface area contributed by atoms with Crippen LogP contribution >= 0.6 is 11.8 Å². The molecule has 1 unspecified atom stereocenters. The fraction of sp³-hybridized carbons (Fsp3) is 0.375. The van der Waals surface area contributed by atoms with Crippen LogP contribution in [-0.4, -0.2) is 91.0 Å². The molecule has 6 N–H and O–H groups in total. The van der Waals surface area contributed by atoms with E-state index in [-0.39, 0.29) is 22.4 Å². The lowest BCUT2D eigenvalue weighted by Gasteiger charge is -2.39. The van der Waals surface area contributed by atoms with Crippen LogP contribution < -0.4 is 4.90 Å². The fourth-order valence-electron chi connectivity index (χ4n) is 4.04. The summed E-state index contributed by atoms with van der Waals surface area (Å²) in [4.78, 5) is 38.1. The molecular formula is C24H27NO10S. The van der Waals surface area contributed by atoms with Crippen LogP contribution in [0.2, 0.25) is 0 Å². The zero-order chi connectivity index (χ0) is 26.6. The second kappa shape index (κ2) is 11.8. The molecule has 0 saturated carbocycles. The quantitative estimate of drug-likeness (QED) is 0.267. The van der Waals surface area contributed by atoms with Crippen LogP contribution in [0.5, 0.6) is 0 Å². The summed E-state index contributed by atoms with van der Waals surface area (Å²) >= 11 is 0.750. The molecule has 2 aromatic carbocycles. The minimum atomic E-state index is -1.64. The number of rotatable bonds is 9. The smallest absolute Gasteiger partial charge is 0.337 e. The van der Waals surface area contributed by atoms with Crippen molar-refractivity contribution in [3.8, 4) is 0 Å². The lowest BCUT2D eigenvalue weighted by atomic mass is 9.98. The van der Waals surface area contributed by atoms with E-state index < -0.39 is 60.3 Å². The SMILES string of the molecule is CC(=O)N(c1ccccc1)[C@@H](Cc1cccc(SC2O[C@H](CO)[C@@H](O)[C@H](O)[C@H]2O)c1C(=O)O)C(=O)O. The number of carbonyl (C=O) groups excluding carboxylic acids is 1. The summed E-state index contributed by atoms with van der Waals surface area (Å²) in [5.41, 5.74) is -1.04. The first-order chi connectivity index (χ1) is 17.1. The van der Waals surface area contributed by atoms with E-state index >= 15 is 0 Å². The number of carboxylic acid groups (broad SMARTS) is 2. The predicted molar refractivity (Wildman–Crippen MR) is 128 cm³/mol. The fourth-order valence-corrected chi connectivity index (χ4v) is 5.29. The topological polar surface area (TPSA) is 185 Å². The Morgan fingerprint density at radius 2 is 1.64 bits per heavy atom. The van der Waals surface area contributed by atoms with Gasteiger partial charge in [0, 0.05) is 23.9 Å². The average molecular weight is 522 g/mol. The summed E-state index contributed by atoms with van der Waals surface area (Å²) in [6.07, 6.45) is -6.33. The van der Waals surface area contributed by atoms with Crippen molar-refractivity contribution < 1.29 is 49.8 Å². The number of aliphatic hydroxyl groups excluding tert-OH is 4. The van der Waals surface area contributed by atoms with Crippen LogP contribution in [0.3, 0.4) is 0 Å². The molecule has 1 saturated heterocycles.